The number of likely N-dealkylation sites (tertiary alicyclic amines) is 1. The number of benzene rings is 1. The monoisotopic (exact) mass is 438 g/mol. The summed E-state index contributed by atoms with van der Waals surface area (Å²) in [7, 11) is 0. The molecule has 1 saturated carbocycles. The van der Waals surface area contributed by atoms with Crippen LogP contribution in [0.4, 0.5) is 10.8 Å². The van der Waals surface area contributed by atoms with Crippen LogP contribution >= 0.6 is 11.3 Å². The minimum absolute atomic E-state index is 0.0538. The lowest BCUT2D eigenvalue weighted by atomic mass is 9.85. The third-order valence-corrected chi connectivity index (χ3v) is 7.05. The van der Waals surface area contributed by atoms with Crippen LogP contribution in [0.1, 0.15) is 24.4 Å². The first kappa shape index (κ1) is 19.6. The Hall–Kier alpha value is -3.40. The number of non-ortho nitro benzene ring substituents is 1. The standard InChI is InChI=1S/C21H18N4O5S/c26-16(23-21-22-7-8-31-21)10-15(11-3-5-14(6-4-11)25(29)30)24-19(27)17-12-1-2-13(9-12)18(17)20(24)28/h1-8,12-13,15,17-18H,9-10H2,(H,22,23,26). The van der Waals surface area contributed by atoms with E-state index in [0.717, 1.165) is 6.42 Å². The number of rotatable bonds is 6. The van der Waals surface area contributed by atoms with Gasteiger partial charge in [-0.05, 0) is 23.8 Å². The Bertz CT molecular complexity index is 1070. The lowest BCUT2D eigenvalue weighted by molar-refractivity contribution is -0.384. The lowest BCUT2D eigenvalue weighted by Gasteiger charge is -2.27. The molecule has 0 spiro atoms. The number of nitro groups is 1. The van der Waals surface area contributed by atoms with E-state index in [4.69, 9.17) is 0 Å². The first-order chi connectivity index (χ1) is 14.9. The van der Waals surface area contributed by atoms with Crippen LogP contribution in [0.5, 0.6) is 0 Å². The highest BCUT2D eigenvalue weighted by molar-refractivity contribution is 7.13. The molecule has 5 unspecified atom stereocenters. The van der Waals surface area contributed by atoms with Gasteiger partial charge in [-0.15, -0.1) is 11.3 Å². The van der Waals surface area contributed by atoms with Gasteiger partial charge in [0.15, 0.2) is 5.13 Å². The minimum Gasteiger partial charge on any atom is -0.302 e. The molecule has 1 aromatic heterocycles. The molecule has 5 atom stereocenters. The molecule has 1 aliphatic heterocycles. The third-order valence-electron chi connectivity index (χ3n) is 6.36. The summed E-state index contributed by atoms with van der Waals surface area (Å²) >= 11 is 1.26. The number of aromatic nitrogens is 1. The van der Waals surface area contributed by atoms with Crippen LogP contribution < -0.4 is 5.32 Å². The number of amides is 3. The molecule has 2 bridgehead atoms. The Labute approximate surface area is 180 Å². The number of carbonyl (C=O) groups excluding carboxylic acids is 3. The van der Waals surface area contributed by atoms with Gasteiger partial charge in [0.2, 0.25) is 17.7 Å². The number of nitrogens with zero attached hydrogens (tertiary/aromatic N) is 3. The smallest absolute Gasteiger partial charge is 0.269 e. The second-order valence-corrected chi connectivity index (χ2v) is 8.89. The molecule has 1 saturated heterocycles. The van der Waals surface area contributed by atoms with Crippen LogP contribution in [0.25, 0.3) is 0 Å². The maximum absolute atomic E-state index is 13.3. The summed E-state index contributed by atoms with van der Waals surface area (Å²) < 4.78 is 0. The van der Waals surface area contributed by atoms with Crippen LogP contribution in [0, 0.1) is 33.8 Å². The van der Waals surface area contributed by atoms with Gasteiger partial charge in [0, 0.05) is 23.7 Å². The van der Waals surface area contributed by atoms with Gasteiger partial charge in [-0.1, -0.05) is 24.3 Å². The van der Waals surface area contributed by atoms with Gasteiger partial charge in [0.05, 0.1) is 29.2 Å². The molecule has 2 heterocycles. The fourth-order valence-corrected chi connectivity index (χ4v) is 5.59. The van der Waals surface area contributed by atoms with E-state index in [1.54, 1.807) is 11.6 Å². The van der Waals surface area contributed by atoms with E-state index in [9.17, 15) is 24.5 Å². The quantitative estimate of drug-likeness (QED) is 0.320. The zero-order chi connectivity index (χ0) is 21.7. The second-order valence-electron chi connectivity index (χ2n) is 8.00. The zero-order valence-corrected chi connectivity index (χ0v) is 17.0. The predicted molar refractivity (Wildman–Crippen MR) is 111 cm³/mol. The number of anilines is 1. The topological polar surface area (TPSA) is 123 Å². The van der Waals surface area contributed by atoms with E-state index in [1.807, 2.05) is 12.2 Å². The van der Waals surface area contributed by atoms with Crippen LogP contribution in [0.3, 0.4) is 0 Å². The average molecular weight is 438 g/mol. The number of allylic oxidation sites excluding steroid dienone is 2. The van der Waals surface area contributed by atoms with Crippen molar-refractivity contribution in [2.45, 2.75) is 18.9 Å². The summed E-state index contributed by atoms with van der Waals surface area (Å²) in [6, 6.07) is 4.80. The number of carbonyl (C=O) groups is 3. The Balaban J connectivity index is 1.46. The summed E-state index contributed by atoms with van der Waals surface area (Å²) in [5.41, 5.74) is 0.398. The van der Waals surface area contributed by atoms with E-state index in [2.05, 4.69) is 10.3 Å². The highest BCUT2D eigenvalue weighted by Gasteiger charge is 2.60. The fourth-order valence-electron chi connectivity index (χ4n) is 5.04. The van der Waals surface area contributed by atoms with Crippen molar-refractivity contribution in [3.8, 4) is 0 Å². The highest BCUT2D eigenvalue weighted by Crippen LogP contribution is 2.54. The Kier molecular flexibility index (Phi) is 4.66. The maximum Gasteiger partial charge on any atom is 0.269 e. The van der Waals surface area contributed by atoms with Crippen LogP contribution in [0.15, 0.2) is 48.0 Å². The van der Waals surface area contributed by atoms with Crippen molar-refractivity contribution < 1.29 is 19.3 Å². The number of imide groups is 1. The first-order valence-corrected chi connectivity index (χ1v) is 10.8. The van der Waals surface area contributed by atoms with Gasteiger partial charge >= 0.3 is 0 Å². The number of fused-ring (bicyclic) bond motifs is 5. The van der Waals surface area contributed by atoms with Crippen molar-refractivity contribution in [1.82, 2.24) is 9.88 Å². The lowest BCUT2D eigenvalue weighted by Crippen LogP contribution is -2.38. The predicted octanol–water partition coefficient (Wildman–Crippen LogP) is 2.93. The summed E-state index contributed by atoms with van der Waals surface area (Å²) in [4.78, 5) is 55.0. The van der Waals surface area contributed by atoms with Gasteiger partial charge in [0.1, 0.15) is 0 Å². The second kappa shape index (κ2) is 7.38. The molecule has 0 radical (unpaired) electrons. The minimum atomic E-state index is -0.842. The van der Waals surface area contributed by atoms with Crippen molar-refractivity contribution >= 4 is 39.9 Å². The summed E-state index contributed by atoms with van der Waals surface area (Å²) in [5.74, 6) is -1.59. The SMILES string of the molecule is O=C(CC(c1ccc([N+](=O)[O-])cc1)N1C(=O)C2C3C=CC(C3)C2C1=O)Nc1nccs1. The largest absolute Gasteiger partial charge is 0.302 e. The molecule has 10 heteroatoms. The Morgan fingerprint density at radius 3 is 2.39 bits per heavy atom. The van der Waals surface area contributed by atoms with Crippen LogP contribution in [0.2, 0.25) is 0 Å². The van der Waals surface area contributed by atoms with Crippen molar-refractivity contribution in [3.63, 3.8) is 0 Å². The van der Waals surface area contributed by atoms with E-state index >= 15 is 0 Å². The van der Waals surface area contributed by atoms with E-state index in [1.165, 1.54) is 40.5 Å². The molecule has 5 rings (SSSR count). The van der Waals surface area contributed by atoms with Gasteiger partial charge < -0.3 is 5.32 Å². The number of thiazole rings is 1. The van der Waals surface area contributed by atoms with Crippen LogP contribution in [-0.4, -0.2) is 32.5 Å². The molecule has 2 aliphatic carbocycles. The summed E-state index contributed by atoms with van der Waals surface area (Å²) in [5, 5.41) is 15.8. The highest BCUT2D eigenvalue weighted by atomic mass is 32.1. The van der Waals surface area contributed by atoms with E-state index in [0.29, 0.717) is 10.7 Å². The molecule has 2 aromatic rings. The van der Waals surface area contributed by atoms with Crippen LogP contribution in [-0.2, 0) is 14.4 Å². The maximum atomic E-state index is 13.3. The number of hydrogen-bond donors (Lipinski definition) is 1. The van der Waals surface area contributed by atoms with Crippen molar-refractivity contribution in [2.75, 3.05) is 5.32 Å². The van der Waals surface area contributed by atoms with Crippen molar-refractivity contribution in [2.24, 2.45) is 23.7 Å². The first-order valence-electron chi connectivity index (χ1n) is 9.93. The summed E-state index contributed by atoms with van der Waals surface area (Å²) in [6.45, 7) is 0. The van der Waals surface area contributed by atoms with Gasteiger partial charge in [-0.3, -0.25) is 29.4 Å². The van der Waals surface area contributed by atoms with E-state index in [-0.39, 0.29) is 47.6 Å². The molecule has 3 amide bonds. The van der Waals surface area contributed by atoms with Gasteiger partial charge in [-0.2, -0.15) is 0 Å². The van der Waals surface area contributed by atoms with Crippen molar-refractivity contribution in [3.05, 3.63) is 63.7 Å². The normalized spacial score (nSPS) is 26.9. The number of nitro benzene ring substituents is 1. The van der Waals surface area contributed by atoms with E-state index < -0.39 is 16.9 Å². The molecule has 9 nitrogen and oxygen atoms in total. The zero-order valence-electron chi connectivity index (χ0n) is 16.2. The van der Waals surface area contributed by atoms with Gasteiger partial charge in [-0.25, -0.2) is 4.98 Å². The molecule has 31 heavy (non-hydrogen) atoms. The molecule has 158 valence electrons. The molecule has 1 N–H and O–H groups in total. The molecular formula is C21H18N4O5S. The number of hydrogen-bond acceptors (Lipinski definition) is 7. The average Bonchev–Trinajstić information content (AvgIpc) is 3.53. The third kappa shape index (κ3) is 3.23. The van der Waals surface area contributed by atoms with Gasteiger partial charge in [0.25, 0.3) is 5.69 Å². The molecule has 1 aromatic carbocycles. The number of nitrogens with one attached hydrogen (secondary N) is 1. The molecule has 2 fully saturated rings. The Morgan fingerprint density at radius 1 is 1.19 bits per heavy atom. The molecule has 3 aliphatic rings. The fraction of sp³-hybridized carbons (Fsp3) is 0.333. The Morgan fingerprint density at radius 2 is 1.84 bits per heavy atom. The summed E-state index contributed by atoms with van der Waals surface area (Å²) in [6.07, 6.45) is 6.24. The van der Waals surface area contributed by atoms with Crippen molar-refractivity contribution in [1.29, 1.82) is 0 Å². The molecular weight excluding hydrogens is 420 g/mol.